The lowest BCUT2D eigenvalue weighted by atomic mass is 9.70. The number of rotatable bonds is 3. The second kappa shape index (κ2) is 5.14. The highest BCUT2D eigenvalue weighted by molar-refractivity contribution is 5.74. The third-order valence-electron chi connectivity index (χ3n) is 5.59. The molecule has 1 saturated carbocycles. The Morgan fingerprint density at radius 2 is 1.96 bits per heavy atom. The van der Waals surface area contributed by atoms with Gasteiger partial charge in [0.2, 0.25) is 0 Å². The molecule has 122 valence electrons. The summed E-state index contributed by atoms with van der Waals surface area (Å²) >= 11 is 0. The van der Waals surface area contributed by atoms with Gasteiger partial charge in [0.25, 0.3) is 5.56 Å². The van der Waals surface area contributed by atoms with Crippen molar-refractivity contribution < 1.29 is 4.74 Å². The lowest BCUT2D eigenvalue weighted by Crippen LogP contribution is -2.59. The Balaban J connectivity index is 1.62. The SMILES string of the molecule is Cc1ccc2ccc(=O)n(CCC34CCC(N)(CC3)CO4)c2n1. The van der Waals surface area contributed by atoms with Gasteiger partial charge in [0.15, 0.2) is 0 Å². The zero-order chi connectivity index (χ0) is 16.1. The number of aromatic nitrogens is 2. The largest absolute Gasteiger partial charge is 0.373 e. The fourth-order valence-electron chi connectivity index (χ4n) is 3.90. The first-order valence-electron chi connectivity index (χ1n) is 8.39. The van der Waals surface area contributed by atoms with Crippen LogP contribution in [0, 0.1) is 6.92 Å². The predicted octanol–water partition coefficient (Wildman–Crippen LogP) is 2.14. The van der Waals surface area contributed by atoms with Gasteiger partial charge in [-0.25, -0.2) is 4.98 Å². The quantitative estimate of drug-likeness (QED) is 0.942. The number of hydrogen-bond donors (Lipinski definition) is 1. The summed E-state index contributed by atoms with van der Waals surface area (Å²) in [6.07, 6.45) is 4.88. The van der Waals surface area contributed by atoms with Gasteiger partial charge < -0.3 is 10.5 Å². The van der Waals surface area contributed by atoms with Crippen LogP contribution in [0.3, 0.4) is 0 Å². The van der Waals surface area contributed by atoms with Crippen molar-refractivity contribution in [1.29, 1.82) is 0 Å². The molecule has 0 radical (unpaired) electrons. The molecule has 4 heterocycles. The molecule has 2 N–H and O–H groups in total. The molecule has 23 heavy (non-hydrogen) atoms. The molecular formula is C18H23N3O2. The van der Waals surface area contributed by atoms with Crippen molar-refractivity contribution in [3.8, 4) is 0 Å². The van der Waals surface area contributed by atoms with E-state index in [9.17, 15) is 4.79 Å². The van der Waals surface area contributed by atoms with Crippen molar-refractivity contribution >= 4 is 11.0 Å². The summed E-state index contributed by atoms with van der Waals surface area (Å²) in [5.41, 5.74) is 7.77. The molecule has 5 rings (SSSR count). The predicted molar refractivity (Wildman–Crippen MR) is 89.4 cm³/mol. The minimum atomic E-state index is -0.114. The number of aryl methyl sites for hydroxylation is 2. The number of hydrogen-bond acceptors (Lipinski definition) is 4. The molecule has 2 aromatic heterocycles. The van der Waals surface area contributed by atoms with Gasteiger partial charge in [0, 0.05) is 29.2 Å². The van der Waals surface area contributed by atoms with Gasteiger partial charge >= 0.3 is 0 Å². The second-order valence-corrected chi connectivity index (χ2v) is 7.27. The van der Waals surface area contributed by atoms with E-state index in [1.165, 1.54) is 0 Å². The standard InChI is InChI=1S/C18H23N3O2/c1-13-2-3-14-4-5-15(22)21(16(14)20-13)11-10-18-8-6-17(19,7-9-18)12-23-18/h2-5H,6-12,19H2,1H3. The minimum absolute atomic E-state index is 0.00629. The van der Waals surface area contributed by atoms with Crippen LogP contribution < -0.4 is 11.3 Å². The van der Waals surface area contributed by atoms with Crippen LogP contribution in [0.2, 0.25) is 0 Å². The lowest BCUT2D eigenvalue weighted by Gasteiger charge is -2.51. The van der Waals surface area contributed by atoms with Crippen LogP contribution in [-0.2, 0) is 11.3 Å². The van der Waals surface area contributed by atoms with Gasteiger partial charge in [0.1, 0.15) is 5.65 Å². The van der Waals surface area contributed by atoms with Gasteiger partial charge in [-0.1, -0.05) is 0 Å². The third-order valence-corrected chi connectivity index (χ3v) is 5.59. The van der Waals surface area contributed by atoms with E-state index in [1.807, 2.05) is 25.1 Å². The molecule has 2 aliphatic heterocycles. The maximum atomic E-state index is 12.3. The zero-order valence-electron chi connectivity index (χ0n) is 13.5. The van der Waals surface area contributed by atoms with E-state index < -0.39 is 0 Å². The first-order chi connectivity index (χ1) is 11.0. The molecule has 3 fully saturated rings. The van der Waals surface area contributed by atoms with Crippen molar-refractivity contribution in [3.05, 3.63) is 40.3 Å². The molecular weight excluding hydrogens is 290 g/mol. The summed E-state index contributed by atoms with van der Waals surface area (Å²) in [6, 6.07) is 7.47. The topological polar surface area (TPSA) is 70.1 Å². The molecule has 0 atom stereocenters. The molecule has 0 spiro atoms. The third kappa shape index (κ3) is 2.58. The van der Waals surface area contributed by atoms with E-state index >= 15 is 0 Å². The monoisotopic (exact) mass is 313 g/mol. The smallest absolute Gasteiger partial charge is 0.252 e. The van der Waals surface area contributed by atoms with Crippen LogP contribution in [0.4, 0.5) is 0 Å². The summed E-state index contributed by atoms with van der Waals surface area (Å²) in [5, 5.41) is 1.00. The van der Waals surface area contributed by atoms with Gasteiger partial charge in [-0.05, 0) is 57.2 Å². The van der Waals surface area contributed by atoms with Crippen LogP contribution >= 0.6 is 0 Å². The summed E-state index contributed by atoms with van der Waals surface area (Å²) in [4.78, 5) is 16.9. The van der Waals surface area contributed by atoms with E-state index in [0.29, 0.717) is 13.2 Å². The van der Waals surface area contributed by atoms with Gasteiger partial charge in [-0.2, -0.15) is 0 Å². The van der Waals surface area contributed by atoms with Crippen molar-refractivity contribution in [2.45, 2.75) is 56.7 Å². The molecule has 3 aliphatic rings. The average Bonchev–Trinajstić information content (AvgIpc) is 2.55. The van der Waals surface area contributed by atoms with E-state index in [-0.39, 0.29) is 16.7 Å². The Kier molecular flexibility index (Phi) is 3.32. The number of ether oxygens (including phenoxy) is 1. The number of fused-ring (bicyclic) bond motifs is 4. The Hall–Kier alpha value is -1.72. The number of nitrogens with two attached hydrogens (primary N) is 1. The maximum absolute atomic E-state index is 12.3. The zero-order valence-corrected chi connectivity index (χ0v) is 13.5. The summed E-state index contributed by atoms with van der Waals surface area (Å²) in [7, 11) is 0. The molecule has 1 aliphatic carbocycles. The van der Waals surface area contributed by atoms with Gasteiger partial charge in [-0.3, -0.25) is 9.36 Å². The first kappa shape index (κ1) is 14.8. The van der Waals surface area contributed by atoms with Crippen molar-refractivity contribution in [3.63, 3.8) is 0 Å². The number of nitrogens with zero attached hydrogens (tertiary/aromatic N) is 2. The van der Waals surface area contributed by atoms with Crippen LogP contribution in [0.25, 0.3) is 11.0 Å². The van der Waals surface area contributed by atoms with E-state index in [4.69, 9.17) is 10.5 Å². The van der Waals surface area contributed by atoms with Crippen LogP contribution in [0.5, 0.6) is 0 Å². The Bertz CT molecular complexity index is 787. The second-order valence-electron chi connectivity index (χ2n) is 7.27. The molecule has 2 bridgehead atoms. The maximum Gasteiger partial charge on any atom is 0.252 e. The van der Waals surface area contributed by atoms with Crippen LogP contribution in [0.15, 0.2) is 29.1 Å². The Morgan fingerprint density at radius 3 is 2.65 bits per heavy atom. The fraction of sp³-hybridized carbons (Fsp3) is 0.556. The van der Waals surface area contributed by atoms with E-state index in [1.54, 1.807) is 10.6 Å². The van der Waals surface area contributed by atoms with Crippen molar-refractivity contribution in [2.24, 2.45) is 5.73 Å². The molecule has 0 aromatic carbocycles. The molecule has 0 unspecified atom stereocenters. The lowest BCUT2D eigenvalue weighted by molar-refractivity contribution is -0.157. The van der Waals surface area contributed by atoms with Gasteiger partial charge in [0.05, 0.1) is 12.2 Å². The Labute approximate surface area is 135 Å². The van der Waals surface area contributed by atoms with E-state index in [0.717, 1.165) is 48.8 Å². The minimum Gasteiger partial charge on any atom is -0.373 e. The summed E-state index contributed by atoms with van der Waals surface area (Å²) < 4.78 is 7.90. The number of pyridine rings is 2. The summed E-state index contributed by atoms with van der Waals surface area (Å²) in [5.74, 6) is 0. The van der Waals surface area contributed by atoms with Crippen LogP contribution in [0.1, 0.15) is 37.8 Å². The molecule has 5 nitrogen and oxygen atoms in total. The normalized spacial score (nSPS) is 30.0. The average molecular weight is 313 g/mol. The van der Waals surface area contributed by atoms with Crippen molar-refractivity contribution in [1.82, 2.24) is 9.55 Å². The molecule has 0 amide bonds. The van der Waals surface area contributed by atoms with E-state index in [2.05, 4.69) is 4.98 Å². The molecule has 5 heteroatoms. The van der Waals surface area contributed by atoms with Gasteiger partial charge in [-0.15, -0.1) is 0 Å². The highest BCUT2D eigenvalue weighted by atomic mass is 16.5. The first-order valence-corrected chi connectivity index (χ1v) is 8.39. The highest BCUT2D eigenvalue weighted by Crippen LogP contribution is 2.44. The van der Waals surface area contributed by atoms with Crippen molar-refractivity contribution in [2.75, 3.05) is 6.61 Å². The molecule has 2 saturated heterocycles. The van der Waals surface area contributed by atoms with Crippen LogP contribution in [-0.4, -0.2) is 27.3 Å². The highest BCUT2D eigenvalue weighted by Gasteiger charge is 2.47. The molecule has 2 aromatic rings. The Morgan fingerprint density at radius 1 is 1.22 bits per heavy atom. The summed E-state index contributed by atoms with van der Waals surface area (Å²) in [6.45, 7) is 3.24. The fourth-order valence-corrected chi connectivity index (χ4v) is 3.90.